The maximum atomic E-state index is 12.5. The predicted octanol–water partition coefficient (Wildman–Crippen LogP) is 3.35. The Morgan fingerprint density at radius 3 is 2.11 bits per heavy atom. The number of carboxylic acid groups (broad SMARTS) is 1. The van der Waals surface area contributed by atoms with Crippen molar-refractivity contribution in [3.05, 3.63) is 95.7 Å². The smallest absolute Gasteiger partial charge is 0.592 e. The molecule has 0 bridgehead atoms. The molecule has 7 nitrogen and oxygen atoms in total. The van der Waals surface area contributed by atoms with Gasteiger partial charge in [0.05, 0.1) is 0 Å². The van der Waals surface area contributed by atoms with Gasteiger partial charge in [-0.05, 0) is 36.1 Å². The molecule has 0 spiro atoms. The molecular formula is C27H22CaN2O5. The van der Waals surface area contributed by atoms with E-state index in [-0.39, 0.29) is 44.2 Å². The molecule has 172 valence electrons. The molecule has 0 aliphatic rings. The molecule has 4 aromatic rings. The molecule has 0 fully saturated rings. The second-order valence-corrected chi connectivity index (χ2v) is 7.82. The van der Waals surface area contributed by atoms with E-state index in [4.69, 9.17) is 9.26 Å². The van der Waals surface area contributed by atoms with Crippen LogP contribution < -0.4 is 10.2 Å². The summed E-state index contributed by atoms with van der Waals surface area (Å²) < 4.78 is 10.9. The van der Waals surface area contributed by atoms with Crippen LogP contribution in [-0.2, 0) is 16.0 Å². The zero-order valence-corrected chi connectivity index (χ0v) is 21.6. The Hall–Kier alpha value is -3.13. The molecule has 0 amide bonds. The van der Waals surface area contributed by atoms with Crippen LogP contribution in [0, 0.1) is 6.92 Å². The van der Waals surface area contributed by atoms with Crippen molar-refractivity contribution in [3.63, 3.8) is 0 Å². The Morgan fingerprint density at radius 1 is 0.943 bits per heavy atom. The van der Waals surface area contributed by atoms with Gasteiger partial charge in [-0.25, -0.2) is 4.99 Å². The summed E-state index contributed by atoms with van der Waals surface area (Å²) in [5.41, 5.74) is 4.94. The fourth-order valence-corrected chi connectivity index (χ4v) is 3.54. The third-order valence-electron chi connectivity index (χ3n) is 5.36. The van der Waals surface area contributed by atoms with E-state index in [0.717, 1.165) is 16.7 Å². The van der Waals surface area contributed by atoms with Crippen LogP contribution >= 0.6 is 0 Å². The van der Waals surface area contributed by atoms with Gasteiger partial charge in [-0.3, -0.25) is 0 Å². The van der Waals surface area contributed by atoms with Gasteiger partial charge in [0.1, 0.15) is 11.4 Å². The van der Waals surface area contributed by atoms with E-state index in [2.05, 4.69) is 10.1 Å². The van der Waals surface area contributed by atoms with Crippen LogP contribution in [0.25, 0.3) is 22.5 Å². The van der Waals surface area contributed by atoms with E-state index in [0.29, 0.717) is 28.3 Å². The number of aliphatic imine (C=N–C) groups is 1. The summed E-state index contributed by atoms with van der Waals surface area (Å²) in [6, 6.07) is 24.2. The Balaban J connectivity index is 0.00000342. The van der Waals surface area contributed by atoms with Gasteiger partial charge < -0.3 is 24.3 Å². The van der Waals surface area contributed by atoms with Gasteiger partial charge in [-0.2, -0.15) is 0 Å². The average molecular weight is 495 g/mol. The number of aliphatic carboxylic acids is 1. The molecule has 0 unspecified atom stereocenters. The Kier molecular flexibility index (Phi) is 9.09. The first kappa shape index (κ1) is 26.5. The Bertz CT molecular complexity index is 1300. The fraction of sp³-hybridized carbons (Fsp3) is 0.148. The monoisotopic (exact) mass is 494 g/mol. The number of hydrogen-bond acceptors (Lipinski definition) is 7. The normalized spacial score (nSPS) is 12.0. The molecule has 4 rings (SSSR count). The topological polar surface area (TPSA) is 111 Å². The van der Waals surface area contributed by atoms with Gasteiger partial charge in [0.15, 0.2) is 11.8 Å². The number of benzene rings is 3. The number of aromatic nitrogens is 1. The largest absolute Gasteiger partial charge is 2.00 e. The third-order valence-corrected chi connectivity index (χ3v) is 5.36. The van der Waals surface area contributed by atoms with E-state index in [1.807, 2.05) is 66.7 Å². The summed E-state index contributed by atoms with van der Waals surface area (Å²) in [6.07, 6.45) is -1.29. The zero-order chi connectivity index (χ0) is 24.1. The van der Waals surface area contributed by atoms with Crippen LogP contribution in [0.1, 0.15) is 29.8 Å². The maximum Gasteiger partial charge on any atom is 2.00 e. The van der Waals surface area contributed by atoms with Crippen LogP contribution in [0.4, 0.5) is 5.69 Å². The molecule has 0 N–H and O–H groups in total. The number of nitrogens with zero attached hydrogens (tertiary/aromatic N) is 2. The summed E-state index contributed by atoms with van der Waals surface area (Å²) in [6.45, 7) is 3.50. The van der Waals surface area contributed by atoms with Gasteiger partial charge in [-0.1, -0.05) is 84.0 Å². The minimum Gasteiger partial charge on any atom is -0.592 e. The molecular weight excluding hydrogens is 472 g/mol. The zero-order valence-electron chi connectivity index (χ0n) is 19.4. The molecule has 8 heteroatoms. The Morgan fingerprint density at radius 2 is 1.51 bits per heavy atom. The first-order valence-corrected chi connectivity index (χ1v) is 10.7. The van der Waals surface area contributed by atoms with Gasteiger partial charge in [0, 0.05) is 24.1 Å². The van der Waals surface area contributed by atoms with Crippen molar-refractivity contribution in [2.45, 2.75) is 26.4 Å². The molecule has 1 aromatic heterocycles. The van der Waals surface area contributed by atoms with Crippen LogP contribution in [0.15, 0.2) is 88.4 Å². The van der Waals surface area contributed by atoms with Crippen molar-refractivity contribution in [3.8, 4) is 22.5 Å². The molecule has 0 aliphatic heterocycles. The second-order valence-electron chi connectivity index (χ2n) is 7.82. The molecule has 1 atom stereocenters. The van der Waals surface area contributed by atoms with Crippen LogP contribution in [0.3, 0.4) is 0 Å². The minimum absolute atomic E-state index is 0. The number of aryl methyl sites for hydroxylation is 1. The summed E-state index contributed by atoms with van der Waals surface area (Å²) in [7, 11) is 0. The van der Waals surface area contributed by atoms with Gasteiger partial charge in [-0.15, -0.1) is 0 Å². The summed E-state index contributed by atoms with van der Waals surface area (Å²) in [4.78, 5) is 14.9. The average Bonchev–Trinajstić information content (AvgIpc) is 3.19. The van der Waals surface area contributed by atoms with Crippen molar-refractivity contribution < 1.29 is 24.3 Å². The summed E-state index contributed by atoms with van der Waals surface area (Å²) >= 11 is 0. The molecule has 0 radical (unpaired) electrons. The van der Waals surface area contributed by atoms with E-state index in [1.54, 1.807) is 26.0 Å². The quantitative estimate of drug-likeness (QED) is 0.221. The molecule has 3 aromatic carbocycles. The fourth-order valence-electron chi connectivity index (χ4n) is 3.54. The van der Waals surface area contributed by atoms with E-state index in [9.17, 15) is 15.0 Å². The number of rotatable bonds is 7. The second kappa shape index (κ2) is 12.0. The predicted molar refractivity (Wildman–Crippen MR) is 130 cm³/mol. The van der Waals surface area contributed by atoms with Crippen molar-refractivity contribution in [1.82, 2.24) is 5.16 Å². The van der Waals surface area contributed by atoms with Gasteiger partial charge >= 0.3 is 37.7 Å². The van der Waals surface area contributed by atoms with E-state index < -0.39 is 18.2 Å². The number of carbonyl (C=O) groups is 1. The number of ether oxygens (including phenoxy) is 1. The van der Waals surface area contributed by atoms with Crippen LogP contribution in [0.5, 0.6) is 0 Å². The SMILES string of the molecule is Cc1noc(-c2ccc(-c3ccc(CC(=O)[O-])cc3)cc2)c1N=C([O-])O[C@H](C)c1ccccc1.[Ca+2]. The van der Waals surface area contributed by atoms with Gasteiger partial charge in [0.25, 0.3) is 0 Å². The third kappa shape index (κ3) is 6.72. The first-order chi connectivity index (χ1) is 16.4. The maximum absolute atomic E-state index is 12.5. The summed E-state index contributed by atoms with van der Waals surface area (Å²) in [5, 5.41) is 27.2. The molecule has 0 saturated heterocycles. The van der Waals surface area contributed by atoms with E-state index in [1.165, 1.54) is 0 Å². The van der Waals surface area contributed by atoms with Crippen LogP contribution in [-0.4, -0.2) is 54.9 Å². The van der Waals surface area contributed by atoms with Crippen LogP contribution in [0.2, 0.25) is 0 Å². The first-order valence-electron chi connectivity index (χ1n) is 10.7. The van der Waals surface area contributed by atoms with Crippen molar-refractivity contribution in [1.29, 1.82) is 0 Å². The van der Waals surface area contributed by atoms with Crippen molar-refractivity contribution in [2.24, 2.45) is 4.99 Å². The van der Waals surface area contributed by atoms with E-state index >= 15 is 0 Å². The standard InChI is InChI=1S/C27H24N2O5.Ca/c1-17-25(28-27(32)33-18(2)20-6-4-3-5-7-20)26(34-29-17)23-14-12-22(13-15-23)21-10-8-19(9-11-21)16-24(30)31;/h3-15,18H,16H2,1-2H3,(H,28,32)(H,30,31);/q;+2/p-2/t18-;/m1./s1. The number of carboxylic acids is 1. The molecule has 0 saturated carbocycles. The van der Waals surface area contributed by atoms with Crippen molar-refractivity contribution >= 4 is 55.5 Å². The number of carbonyl (C=O) groups excluding carboxylic acids is 1. The van der Waals surface area contributed by atoms with Crippen molar-refractivity contribution in [2.75, 3.05) is 0 Å². The Labute approximate surface area is 233 Å². The number of hydrogen-bond donors (Lipinski definition) is 0. The molecule has 1 heterocycles. The van der Waals surface area contributed by atoms with Gasteiger partial charge in [0.2, 0.25) is 0 Å². The minimum atomic E-state index is -1.11. The molecule has 0 aliphatic carbocycles. The summed E-state index contributed by atoms with van der Waals surface area (Å²) in [5.74, 6) is -0.739. The molecule has 35 heavy (non-hydrogen) atoms.